The van der Waals surface area contributed by atoms with Gasteiger partial charge >= 0.3 is 0 Å². The fraction of sp³-hybridized carbons (Fsp3) is 0.160. The number of benzene rings is 3. The van der Waals surface area contributed by atoms with Crippen molar-refractivity contribution in [2.45, 2.75) is 27.7 Å². The SMILES string of the molecule is Cc1ccc(-c2ccc(C#Cc3ccc(N=C=S)c(C)c3)c(C)c2C)cc1. The van der Waals surface area contributed by atoms with Gasteiger partial charge in [-0.15, -0.1) is 0 Å². The van der Waals surface area contributed by atoms with Crippen molar-refractivity contribution in [1.82, 2.24) is 0 Å². The van der Waals surface area contributed by atoms with Crippen molar-refractivity contribution >= 4 is 23.1 Å². The van der Waals surface area contributed by atoms with Crippen LogP contribution in [-0.2, 0) is 0 Å². The largest absolute Gasteiger partial charge is 0.194 e. The van der Waals surface area contributed by atoms with E-state index in [4.69, 9.17) is 0 Å². The Hall–Kier alpha value is -2.98. The molecule has 0 N–H and O–H groups in total. The first-order valence-corrected chi connectivity index (χ1v) is 9.28. The summed E-state index contributed by atoms with van der Waals surface area (Å²) in [5, 5.41) is 2.41. The lowest BCUT2D eigenvalue weighted by Gasteiger charge is -2.11. The van der Waals surface area contributed by atoms with E-state index >= 15 is 0 Å². The standard InChI is InChI=1S/C25H21NS/c1-17-5-9-23(10-6-17)24-13-12-22(19(3)20(24)4)11-7-21-8-14-25(26-16-27)18(2)15-21/h5-6,8-10,12-15H,1-4H3. The first-order chi connectivity index (χ1) is 13.0. The molecule has 0 amide bonds. The van der Waals surface area contributed by atoms with Crippen LogP contribution in [0.4, 0.5) is 5.69 Å². The molecule has 0 spiro atoms. The first kappa shape index (κ1) is 18.8. The Labute approximate surface area is 166 Å². The summed E-state index contributed by atoms with van der Waals surface area (Å²) >= 11 is 4.68. The number of aliphatic imine (C=N–C) groups is 1. The molecule has 0 aliphatic heterocycles. The Morgan fingerprint density at radius 1 is 0.778 bits per heavy atom. The zero-order valence-electron chi connectivity index (χ0n) is 16.1. The minimum absolute atomic E-state index is 0.838. The molecule has 0 saturated heterocycles. The van der Waals surface area contributed by atoms with E-state index in [9.17, 15) is 0 Å². The Bertz CT molecular complexity index is 1110. The molecule has 0 aliphatic carbocycles. The van der Waals surface area contributed by atoms with Gasteiger partial charge in [0.1, 0.15) is 0 Å². The third-order valence-electron chi connectivity index (χ3n) is 4.85. The summed E-state index contributed by atoms with van der Waals surface area (Å²) in [6, 6.07) is 18.9. The number of aryl methyl sites for hydroxylation is 2. The molecule has 2 heteroatoms. The average Bonchev–Trinajstić information content (AvgIpc) is 2.66. The van der Waals surface area contributed by atoms with E-state index in [1.807, 2.05) is 25.1 Å². The van der Waals surface area contributed by atoms with Crippen molar-refractivity contribution in [3.63, 3.8) is 0 Å². The quantitative estimate of drug-likeness (QED) is 0.278. The van der Waals surface area contributed by atoms with E-state index < -0.39 is 0 Å². The van der Waals surface area contributed by atoms with Gasteiger partial charge in [-0.1, -0.05) is 47.7 Å². The molecule has 0 heterocycles. The number of hydrogen-bond acceptors (Lipinski definition) is 2. The van der Waals surface area contributed by atoms with Crippen LogP contribution in [0.1, 0.15) is 33.4 Å². The number of thiocarbonyl (C=S) groups is 1. The van der Waals surface area contributed by atoms with E-state index in [0.717, 1.165) is 22.4 Å². The zero-order valence-corrected chi connectivity index (χ0v) is 16.9. The van der Waals surface area contributed by atoms with Gasteiger partial charge in [0, 0.05) is 11.1 Å². The smallest absolute Gasteiger partial charge is 0.0769 e. The second-order valence-electron chi connectivity index (χ2n) is 6.73. The minimum Gasteiger partial charge on any atom is -0.194 e. The third-order valence-corrected chi connectivity index (χ3v) is 4.95. The van der Waals surface area contributed by atoms with Gasteiger partial charge in [-0.25, -0.2) is 0 Å². The summed E-state index contributed by atoms with van der Waals surface area (Å²) in [6.07, 6.45) is 0. The molecular formula is C25H21NS. The minimum atomic E-state index is 0.838. The number of rotatable bonds is 2. The van der Waals surface area contributed by atoms with Crippen LogP contribution in [0.2, 0.25) is 0 Å². The van der Waals surface area contributed by atoms with E-state index in [1.165, 1.54) is 27.8 Å². The van der Waals surface area contributed by atoms with Crippen LogP contribution in [0.15, 0.2) is 59.6 Å². The second-order valence-corrected chi connectivity index (χ2v) is 6.91. The summed E-state index contributed by atoms with van der Waals surface area (Å²) < 4.78 is 0. The molecule has 0 bridgehead atoms. The highest BCUT2D eigenvalue weighted by molar-refractivity contribution is 7.78. The molecule has 0 unspecified atom stereocenters. The van der Waals surface area contributed by atoms with Crippen LogP contribution in [0, 0.1) is 39.5 Å². The summed E-state index contributed by atoms with van der Waals surface area (Å²) in [6.45, 7) is 8.41. The molecule has 27 heavy (non-hydrogen) atoms. The molecule has 3 aromatic carbocycles. The maximum absolute atomic E-state index is 4.68. The number of hydrogen-bond donors (Lipinski definition) is 0. The number of nitrogens with zero attached hydrogens (tertiary/aromatic N) is 1. The molecule has 0 atom stereocenters. The maximum Gasteiger partial charge on any atom is 0.0769 e. The van der Waals surface area contributed by atoms with Gasteiger partial charge < -0.3 is 0 Å². The van der Waals surface area contributed by atoms with Gasteiger partial charge in [0.05, 0.1) is 10.8 Å². The molecule has 0 aliphatic rings. The van der Waals surface area contributed by atoms with Crippen LogP contribution >= 0.6 is 12.2 Å². The Morgan fingerprint density at radius 3 is 2.19 bits per heavy atom. The average molecular weight is 368 g/mol. The summed E-state index contributed by atoms with van der Waals surface area (Å²) in [5.41, 5.74) is 10.2. The van der Waals surface area contributed by atoms with Crippen molar-refractivity contribution < 1.29 is 0 Å². The Morgan fingerprint density at radius 2 is 1.52 bits per heavy atom. The lowest BCUT2D eigenvalue weighted by atomic mass is 9.93. The van der Waals surface area contributed by atoms with Crippen LogP contribution in [0.5, 0.6) is 0 Å². The van der Waals surface area contributed by atoms with Crippen molar-refractivity contribution in [3.05, 3.63) is 88.0 Å². The highest BCUT2D eigenvalue weighted by Crippen LogP contribution is 2.27. The zero-order chi connectivity index (χ0) is 19.4. The normalized spacial score (nSPS) is 9.93. The maximum atomic E-state index is 4.68. The first-order valence-electron chi connectivity index (χ1n) is 8.87. The van der Waals surface area contributed by atoms with Gasteiger partial charge in [-0.05, 0) is 92.0 Å². The summed E-state index contributed by atoms with van der Waals surface area (Å²) in [5.74, 6) is 6.59. The van der Waals surface area contributed by atoms with E-state index in [-0.39, 0.29) is 0 Å². The molecular weight excluding hydrogens is 346 g/mol. The van der Waals surface area contributed by atoms with E-state index in [0.29, 0.717) is 0 Å². The van der Waals surface area contributed by atoms with Crippen molar-refractivity contribution in [2.24, 2.45) is 4.99 Å². The second kappa shape index (κ2) is 8.14. The third kappa shape index (κ3) is 4.23. The van der Waals surface area contributed by atoms with Crippen LogP contribution < -0.4 is 0 Å². The van der Waals surface area contributed by atoms with Crippen molar-refractivity contribution in [3.8, 4) is 23.0 Å². The Kier molecular flexibility index (Phi) is 5.67. The van der Waals surface area contributed by atoms with Crippen LogP contribution in [-0.4, -0.2) is 5.16 Å². The molecule has 3 rings (SSSR count). The summed E-state index contributed by atoms with van der Waals surface area (Å²) in [7, 11) is 0. The summed E-state index contributed by atoms with van der Waals surface area (Å²) in [4.78, 5) is 4.05. The lowest BCUT2D eigenvalue weighted by Crippen LogP contribution is -1.92. The van der Waals surface area contributed by atoms with Gasteiger partial charge in [-0.3, -0.25) is 0 Å². The van der Waals surface area contributed by atoms with Gasteiger partial charge in [0.2, 0.25) is 0 Å². The fourth-order valence-corrected chi connectivity index (χ4v) is 3.15. The van der Waals surface area contributed by atoms with Crippen LogP contribution in [0.3, 0.4) is 0 Å². The topological polar surface area (TPSA) is 12.4 Å². The molecule has 3 aromatic rings. The van der Waals surface area contributed by atoms with Crippen LogP contribution in [0.25, 0.3) is 11.1 Å². The molecule has 0 fully saturated rings. The molecule has 1 nitrogen and oxygen atoms in total. The predicted molar refractivity (Wildman–Crippen MR) is 118 cm³/mol. The predicted octanol–water partition coefficient (Wildman–Crippen LogP) is 6.72. The molecule has 0 aromatic heterocycles. The van der Waals surface area contributed by atoms with Gasteiger partial charge in [0.15, 0.2) is 0 Å². The highest BCUT2D eigenvalue weighted by Gasteiger charge is 2.07. The van der Waals surface area contributed by atoms with Crippen molar-refractivity contribution in [1.29, 1.82) is 0 Å². The highest BCUT2D eigenvalue weighted by atomic mass is 32.1. The monoisotopic (exact) mass is 367 g/mol. The Balaban J connectivity index is 1.94. The van der Waals surface area contributed by atoms with Gasteiger partial charge in [-0.2, -0.15) is 4.99 Å². The molecule has 0 radical (unpaired) electrons. The van der Waals surface area contributed by atoms with E-state index in [2.05, 4.69) is 91.4 Å². The van der Waals surface area contributed by atoms with E-state index in [1.54, 1.807) is 0 Å². The molecule has 132 valence electrons. The fourth-order valence-electron chi connectivity index (χ4n) is 3.05. The van der Waals surface area contributed by atoms with Crippen molar-refractivity contribution in [2.75, 3.05) is 0 Å². The van der Waals surface area contributed by atoms with Gasteiger partial charge in [0.25, 0.3) is 0 Å². The lowest BCUT2D eigenvalue weighted by molar-refractivity contribution is 1.32. The number of isothiocyanates is 1. The molecule has 0 saturated carbocycles.